The van der Waals surface area contributed by atoms with Crippen LogP contribution in [0.4, 0.5) is 0 Å². The van der Waals surface area contributed by atoms with Crippen molar-refractivity contribution in [2.24, 2.45) is 5.92 Å². The Balaban J connectivity index is 4.35. The molecule has 0 aromatic carbocycles. The second-order valence-corrected chi connectivity index (χ2v) is 12.6. The molecule has 8 heteroatoms. The highest BCUT2D eigenvalue weighted by Crippen LogP contribution is 2.21. The zero-order valence-corrected chi connectivity index (χ0v) is 27.0. The molecule has 42 heavy (non-hydrogen) atoms. The minimum Gasteiger partial charge on any atom is -0.481 e. The topological polar surface area (TPSA) is 138 Å². The Morgan fingerprint density at radius 1 is 0.619 bits per heavy atom. The molecule has 0 saturated carbocycles. The number of carboxylic acid groups (broad SMARTS) is 2. The van der Waals surface area contributed by atoms with Crippen molar-refractivity contribution in [3.8, 4) is 0 Å². The Morgan fingerprint density at radius 2 is 1.05 bits per heavy atom. The van der Waals surface area contributed by atoms with Crippen LogP contribution in [0.15, 0.2) is 0 Å². The number of hydrogen-bond acceptors (Lipinski definition) is 6. The molecule has 0 aliphatic heterocycles. The molecule has 0 aliphatic rings. The van der Waals surface area contributed by atoms with Crippen LogP contribution in [0.1, 0.15) is 175 Å². The van der Waals surface area contributed by atoms with E-state index in [1.807, 2.05) is 0 Å². The number of aliphatic carboxylic acids is 2. The molecule has 246 valence electrons. The van der Waals surface area contributed by atoms with Crippen molar-refractivity contribution in [1.29, 1.82) is 0 Å². The van der Waals surface area contributed by atoms with E-state index in [1.165, 1.54) is 70.6 Å². The average Bonchev–Trinajstić information content (AvgIpc) is 2.91. The van der Waals surface area contributed by atoms with Crippen molar-refractivity contribution in [3.05, 3.63) is 0 Å². The molecule has 0 rings (SSSR count). The van der Waals surface area contributed by atoms with E-state index in [9.17, 15) is 29.4 Å². The van der Waals surface area contributed by atoms with E-state index < -0.39 is 42.5 Å². The van der Waals surface area contributed by atoms with E-state index in [4.69, 9.17) is 9.84 Å². The molecule has 0 aliphatic carbocycles. The molecular formula is C34H62O8. The lowest BCUT2D eigenvalue weighted by Gasteiger charge is -2.22. The molecule has 0 heterocycles. The predicted molar refractivity (Wildman–Crippen MR) is 166 cm³/mol. The zero-order valence-electron chi connectivity index (χ0n) is 27.0. The van der Waals surface area contributed by atoms with Crippen LogP contribution in [-0.4, -0.2) is 50.7 Å². The first kappa shape index (κ1) is 40.0. The number of hydrogen-bond donors (Lipinski definition) is 3. The summed E-state index contributed by atoms with van der Waals surface area (Å²) < 4.78 is 5.34. The lowest BCUT2D eigenvalue weighted by Crippen LogP contribution is -2.44. The number of ketones is 1. The van der Waals surface area contributed by atoms with Crippen LogP contribution in [0.2, 0.25) is 0 Å². The fourth-order valence-electron chi connectivity index (χ4n) is 5.26. The number of aliphatic hydroxyl groups is 1. The van der Waals surface area contributed by atoms with Crippen molar-refractivity contribution in [2.75, 3.05) is 0 Å². The minimum atomic E-state index is -2.77. The maximum atomic E-state index is 12.8. The van der Waals surface area contributed by atoms with Gasteiger partial charge in [0.1, 0.15) is 0 Å². The van der Waals surface area contributed by atoms with Crippen LogP contribution in [0.3, 0.4) is 0 Å². The van der Waals surface area contributed by atoms with Crippen LogP contribution in [0, 0.1) is 5.92 Å². The van der Waals surface area contributed by atoms with Crippen LogP contribution in [0.5, 0.6) is 0 Å². The number of carbonyl (C=O) groups excluding carboxylic acids is 2. The van der Waals surface area contributed by atoms with Crippen molar-refractivity contribution in [2.45, 2.75) is 187 Å². The van der Waals surface area contributed by atoms with Gasteiger partial charge in [-0.15, -0.1) is 0 Å². The SMILES string of the molecule is CCCCCCCC(=O)C(CCCCCCCCCCCCCCCCC(C)C)OC(=O)CC(O)(CC(=O)O)C(=O)O. The molecule has 3 N–H and O–H groups in total. The monoisotopic (exact) mass is 598 g/mol. The van der Waals surface area contributed by atoms with Gasteiger partial charge in [-0.25, -0.2) is 4.79 Å². The molecule has 0 saturated heterocycles. The molecule has 0 aromatic heterocycles. The van der Waals surface area contributed by atoms with Gasteiger partial charge in [0.05, 0.1) is 12.8 Å². The van der Waals surface area contributed by atoms with Gasteiger partial charge in [0.2, 0.25) is 0 Å². The molecule has 0 bridgehead atoms. The Labute approximate surface area is 255 Å². The molecule has 0 aromatic rings. The summed E-state index contributed by atoms with van der Waals surface area (Å²) >= 11 is 0. The van der Waals surface area contributed by atoms with Crippen molar-refractivity contribution >= 4 is 23.7 Å². The van der Waals surface area contributed by atoms with Crippen LogP contribution in [0.25, 0.3) is 0 Å². The maximum absolute atomic E-state index is 12.8. The molecule has 0 amide bonds. The molecule has 0 fully saturated rings. The van der Waals surface area contributed by atoms with E-state index in [1.54, 1.807) is 0 Å². The molecule has 8 nitrogen and oxygen atoms in total. The van der Waals surface area contributed by atoms with E-state index in [-0.39, 0.29) is 12.2 Å². The summed E-state index contributed by atoms with van der Waals surface area (Å²) in [5.41, 5.74) is -2.77. The molecule has 0 spiro atoms. The van der Waals surface area contributed by atoms with Gasteiger partial charge in [-0.3, -0.25) is 14.4 Å². The second kappa shape index (κ2) is 25.5. The highest BCUT2D eigenvalue weighted by atomic mass is 16.5. The largest absolute Gasteiger partial charge is 0.481 e. The van der Waals surface area contributed by atoms with Crippen molar-refractivity contribution in [3.63, 3.8) is 0 Å². The number of ether oxygens (including phenoxy) is 1. The lowest BCUT2D eigenvalue weighted by molar-refractivity contribution is -0.174. The van der Waals surface area contributed by atoms with Gasteiger partial charge in [0, 0.05) is 6.42 Å². The van der Waals surface area contributed by atoms with Gasteiger partial charge in [0.15, 0.2) is 17.5 Å². The molecule has 2 unspecified atom stereocenters. The molecular weight excluding hydrogens is 536 g/mol. The minimum absolute atomic E-state index is 0.201. The fourth-order valence-corrected chi connectivity index (χ4v) is 5.26. The van der Waals surface area contributed by atoms with Crippen LogP contribution in [-0.2, 0) is 23.9 Å². The summed E-state index contributed by atoms with van der Waals surface area (Å²) in [6.45, 7) is 6.69. The summed E-state index contributed by atoms with van der Waals surface area (Å²) in [6, 6.07) is 0. The Hall–Kier alpha value is -1.96. The standard InChI is InChI=1S/C34H62O8/c1-4-5-6-17-21-24-29(35)30(42-32(38)27-34(41,33(39)40)26-31(36)37)25-22-19-16-14-12-10-8-7-9-11-13-15-18-20-23-28(2)3/h28,30,41H,4-27H2,1-3H3,(H,36,37)(H,39,40). The number of carbonyl (C=O) groups is 4. The van der Waals surface area contributed by atoms with E-state index in [2.05, 4.69) is 20.8 Å². The first-order valence-electron chi connectivity index (χ1n) is 16.9. The Kier molecular flexibility index (Phi) is 24.3. The summed E-state index contributed by atoms with van der Waals surface area (Å²) in [5, 5.41) is 28.3. The number of carboxylic acids is 2. The Bertz CT molecular complexity index is 735. The third-order valence-corrected chi connectivity index (χ3v) is 7.94. The first-order chi connectivity index (χ1) is 20.0. The van der Waals surface area contributed by atoms with Crippen LogP contribution < -0.4 is 0 Å². The quantitative estimate of drug-likeness (QED) is 0.0553. The lowest BCUT2D eigenvalue weighted by atomic mass is 9.95. The van der Waals surface area contributed by atoms with Gasteiger partial charge in [-0.1, -0.05) is 136 Å². The summed E-state index contributed by atoms with van der Waals surface area (Å²) in [6.07, 6.45) is 20.6. The summed E-state index contributed by atoms with van der Waals surface area (Å²) in [5.74, 6) is -3.81. The van der Waals surface area contributed by atoms with Gasteiger partial charge in [-0.2, -0.15) is 0 Å². The number of unbranched alkanes of at least 4 members (excludes halogenated alkanes) is 17. The second-order valence-electron chi connectivity index (χ2n) is 12.6. The van der Waals surface area contributed by atoms with Crippen molar-refractivity contribution < 1.29 is 39.2 Å². The van der Waals surface area contributed by atoms with Gasteiger partial charge < -0.3 is 20.1 Å². The zero-order chi connectivity index (χ0) is 31.6. The third-order valence-electron chi connectivity index (χ3n) is 7.94. The first-order valence-corrected chi connectivity index (χ1v) is 16.9. The fraction of sp³-hybridized carbons (Fsp3) is 0.882. The average molecular weight is 599 g/mol. The number of rotatable bonds is 30. The smallest absolute Gasteiger partial charge is 0.336 e. The number of Topliss-reactive ketones (excluding diaryl/α,β-unsaturated/α-hetero) is 1. The molecule has 0 radical (unpaired) electrons. The van der Waals surface area contributed by atoms with Gasteiger partial charge in [-0.05, 0) is 25.2 Å². The summed E-state index contributed by atoms with van der Waals surface area (Å²) in [7, 11) is 0. The van der Waals surface area contributed by atoms with E-state index in [0.29, 0.717) is 19.3 Å². The highest BCUT2D eigenvalue weighted by molar-refractivity contribution is 5.90. The molecule has 2 atom stereocenters. The maximum Gasteiger partial charge on any atom is 0.336 e. The summed E-state index contributed by atoms with van der Waals surface area (Å²) in [4.78, 5) is 47.7. The number of esters is 1. The Morgan fingerprint density at radius 3 is 1.48 bits per heavy atom. The predicted octanol–water partition coefficient (Wildman–Crippen LogP) is 8.41. The van der Waals surface area contributed by atoms with Crippen LogP contribution >= 0.6 is 0 Å². The normalized spacial score (nSPS) is 13.5. The van der Waals surface area contributed by atoms with Gasteiger partial charge >= 0.3 is 17.9 Å². The highest BCUT2D eigenvalue weighted by Gasteiger charge is 2.42. The van der Waals surface area contributed by atoms with E-state index in [0.717, 1.165) is 50.9 Å². The van der Waals surface area contributed by atoms with Gasteiger partial charge in [0.25, 0.3) is 0 Å². The van der Waals surface area contributed by atoms with E-state index >= 15 is 0 Å². The third kappa shape index (κ3) is 22.6. The van der Waals surface area contributed by atoms with Crippen molar-refractivity contribution in [1.82, 2.24) is 0 Å².